The molecular weight excluding hydrogens is 291 g/mol. The van der Waals surface area contributed by atoms with Crippen molar-refractivity contribution in [2.75, 3.05) is 12.4 Å². The molecule has 2 rings (SSSR count). The summed E-state index contributed by atoms with van der Waals surface area (Å²) in [7, 11) is 0. The van der Waals surface area contributed by atoms with E-state index in [0.29, 0.717) is 17.4 Å². The zero-order chi connectivity index (χ0) is 14.0. The Bertz CT molecular complexity index is 522. The van der Waals surface area contributed by atoms with Crippen molar-refractivity contribution in [2.24, 2.45) is 0 Å². The van der Waals surface area contributed by atoms with Gasteiger partial charge in [-0.2, -0.15) is 0 Å². The van der Waals surface area contributed by atoms with Crippen molar-refractivity contribution in [1.29, 1.82) is 0 Å². The minimum absolute atomic E-state index is 0.0227. The smallest absolute Gasteiger partial charge is 0.282 e. The van der Waals surface area contributed by atoms with E-state index in [-0.39, 0.29) is 23.2 Å². The lowest BCUT2D eigenvalue weighted by Gasteiger charge is -2.22. The van der Waals surface area contributed by atoms with Gasteiger partial charge in [0, 0.05) is 29.6 Å². The molecular formula is C12H12Cl2N2O3. The minimum Gasteiger partial charge on any atom is -0.334 e. The van der Waals surface area contributed by atoms with E-state index in [0.717, 1.165) is 12.8 Å². The van der Waals surface area contributed by atoms with Crippen LogP contribution in [-0.4, -0.2) is 34.2 Å². The van der Waals surface area contributed by atoms with E-state index in [9.17, 15) is 14.9 Å². The Morgan fingerprint density at radius 1 is 1.53 bits per heavy atom. The Morgan fingerprint density at radius 3 is 2.89 bits per heavy atom. The molecule has 1 fully saturated rings. The van der Waals surface area contributed by atoms with E-state index in [1.54, 1.807) is 4.90 Å². The van der Waals surface area contributed by atoms with Crippen LogP contribution in [0.1, 0.15) is 23.2 Å². The molecule has 19 heavy (non-hydrogen) atoms. The third-order valence-electron chi connectivity index (χ3n) is 3.20. The first-order valence-corrected chi connectivity index (χ1v) is 6.76. The topological polar surface area (TPSA) is 63.4 Å². The first kappa shape index (κ1) is 14.1. The SMILES string of the molecule is O=C(c1cc(Cl)ccc1[N+](=O)[O-])N1CCCC1CCl. The largest absolute Gasteiger partial charge is 0.334 e. The van der Waals surface area contributed by atoms with E-state index in [1.165, 1.54) is 18.2 Å². The van der Waals surface area contributed by atoms with Gasteiger partial charge in [0.15, 0.2) is 0 Å². The molecule has 7 heteroatoms. The maximum absolute atomic E-state index is 12.4. The molecule has 1 aliphatic heterocycles. The lowest BCUT2D eigenvalue weighted by molar-refractivity contribution is -0.385. The molecule has 1 heterocycles. The number of nitrogens with zero attached hydrogens (tertiary/aromatic N) is 2. The molecule has 5 nitrogen and oxygen atoms in total. The number of nitro benzene ring substituents is 1. The number of nitro groups is 1. The van der Waals surface area contributed by atoms with Gasteiger partial charge >= 0.3 is 0 Å². The summed E-state index contributed by atoms with van der Waals surface area (Å²) in [6, 6.07) is 3.93. The maximum atomic E-state index is 12.4. The third-order valence-corrected chi connectivity index (χ3v) is 3.79. The van der Waals surface area contributed by atoms with Crippen LogP contribution >= 0.6 is 23.2 Å². The molecule has 0 radical (unpaired) electrons. The van der Waals surface area contributed by atoms with Gasteiger partial charge in [-0.25, -0.2) is 0 Å². The van der Waals surface area contributed by atoms with Crippen molar-refractivity contribution in [1.82, 2.24) is 4.90 Å². The summed E-state index contributed by atoms with van der Waals surface area (Å²) in [6.07, 6.45) is 1.68. The Hall–Kier alpha value is -1.33. The molecule has 0 N–H and O–H groups in total. The van der Waals surface area contributed by atoms with Gasteiger partial charge in [-0.1, -0.05) is 11.6 Å². The van der Waals surface area contributed by atoms with Gasteiger partial charge in [0.1, 0.15) is 5.56 Å². The summed E-state index contributed by atoms with van der Waals surface area (Å²) in [4.78, 5) is 24.4. The molecule has 102 valence electrons. The van der Waals surface area contributed by atoms with Crippen molar-refractivity contribution in [2.45, 2.75) is 18.9 Å². The van der Waals surface area contributed by atoms with Crippen LogP contribution < -0.4 is 0 Å². The highest BCUT2D eigenvalue weighted by atomic mass is 35.5. The van der Waals surface area contributed by atoms with E-state index in [1.807, 2.05) is 0 Å². The minimum atomic E-state index is -0.574. The standard InChI is InChI=1S/C12H12Cl2N2O3/c13-7-9-2-1-5-15(9)12(17)10-6-8(14)3-4-11(10)16(18)19/h3-4,6,9H,1-2,5,7H2. The normalized spacial score (nSPS) is 18.6. The van der Waals surface area contributed by atoms with Crippen LogP contribution in [0.3, 0.4) is 0 Å². The highest BCUT2D eigenvalue weighted by Crippen LogP contribution is 2.27. The van der Waals surface area contributed by atoms with Gasteiger partial charge in [-0.15, -0.1) is 11.6 Å². The highest BCUT2D eigenvalue weighted by molar-refractivity contribution is 6.31. The Balaban J connectivity index is 2.37. The zero-order valence-electron chi connectivity index (χ0n) is 10.0. The number of carbonyl (C=O) groups is 1. The molecule has 0 saturated carbocycles. The van der Waals surface area contributed by atoms with Crippen LogP contribution in [0, 0.1) is 10.1 Å². The highest BCUT2D eigenvalue weighted by Gasteiger charge is 2.32. The van der Waals surface area contributed by atoms with Crippen molar-refractivity contribution in [3.8, 4) is 0 Å². The predicted molar refractivity (Wildman–Crippen MR) is 72.9 cm³/mol. The zero-order valence-corrected chi connectivity index (χ0v) is 11.5. The van der Waals surface area contributed by atoms with Gasteiger partial charge in [0.05, 0.1) is 4.92 Å². The third kappa shape index (κ3) is 2.82. The summed E-state index contributed by atoms with van der Waals surface area (Å²) >= 11 is 11.6. The van der Waals surface area contributed by atoms with E-state index in [2.05, 4.69) is 0 Å². The number of benzene rings is 1. The van der Waals surface area contributed by atoms with Crippen molar-refractivity contribution in [3.63, 3.8) is 0 Å². The molecule has 1 aromatic rings. The monoisotopic (exact) mass is 302 g/mol. The molecule has 0 aliphatic carbocycles. The Labute approximate surface area is 120 Å². The van der Waals surface area contributed by atoms with Crippen molar-refractivity contribution < 1.29 is 9.72 Å². The van der Waals surface area contributed by atoms with Crippen molar-refractivity contribution in [3.05, 3.63) is 38.9 Å². The summed E-state index contributed by atoms with van der Waals surface area (Å²) < 4.78 is 0. The van der Waals surface area contributed by atoms with Crippen LogP contribution in [0.15, 0.2) is 18.2 Å². The number of likely N-dealkylation sites (tertiary alicyclic amines) is 1. The number of amides is 1. The van der Waals surface area contributed by atoms with E-state index in [4.69, 9.17) is 23.2 Å². The van der Waals surface area contributed by atoms with Crippen LogP contribution in [0.4, 0.5) is 5.69 Å². The van der Waals surface area contributed by atoms with Gasteiger partial charge in [-0.3, -0.25) is 14.9 Å². The fraction of sp³-hybridized carbons (Fsp3) is 0.417. The van der Waals surface area contributed by atoms with E-state index < -0.39 is 4.92 Å². The van der Waals surface area contributed by atoms with Crippen LogP contribution in [0.2, 0.25) is 5.02 Å². The predicted octanol–water partition coefficient (Wildman–Crippen LogP) is 3.09. The summed E-state index contributed by atoms with van der Waals surface area (Å²) in [5, 5.41) is 11.3. The van der Waals surface area contributed by atoms with E-state index >= 15 is 0 Å². The molecule has 1 aliphatic rings. The number of hydrogen-bond donors (Lipinski definition) is 0. The molecule has 0 aromatic heterocycles. The lowest BCUT2D eigenvalue weighted by atomic mass is 10.1. The molecule has 0 bridgehead atoms. The maximum Gasteiger partial charge on any atom is 0.282 e. The average molecular weight is 303 g/mol. The molecule has 1 aromatic carbocycles. The first-order chi connectivity index (χ1) is 9.04. The van der Waals surface area contributed by atoms with Crippen molar-refractivity contribution >= 4 is 34.8 Å². The average Bonchev–Trinajstić information content (AvgIpc) is 2.85. The van der Waals surface area contributed by atoms with Gasteiger partial charge in [-0.05, 0) is 25.0 Å². The summed E-state index contributed by atoms with van der Waals surface area (Å²) in [5.74, 6) is -0.0440. The molecule has 1 unspecified atom stereocenters. The Morgan fingerprint density at radius 2 is 2.26 bits per heavy atom. The molecule has 1 amide bonds. The van der Waals surface area contributed by atoms with Gasteiger partial charge < -0.3 is 4.90 Å². The van der Waals surface area contributed by atoms with Gasteiger partial charge in [0.2, 0.25) is 0 Å². The molecule has 1 atom stereocenters. The van der Waals surface area contributed by atoms with Crippen LogP contribution in [0.5, 0.6) is 0 Å². The summed E-state index contributed by atoms with van der Waals surface area (Å²) in [6.45, 7) is 0.569. The van der Waals surface area contributed by atoms with Crippen LogP contribution in [-0.2, 0) is 0 Å². The molecule has 1 saturated heterocycles. The number of carbonyl (C=O) groups excluding carboxylic acids is 1. The number of rotatable bonds is 3. The summed E-state index contributed by atoms with van der Waals surface area (Å²) in [5.41, 5.74) is -0.205. The quantitative estimate of drug-likeness (QED) is 0.489. The Kier molecular flexibility index (Phi) is 4.27. The number of alkyl halides is 1. The second-order valence-electron chi connectivity index (χ2n) is 4.37. The lowest BCUT2D eigenvalue weighted by Crippen LogP contribution is -2.36. The number of halogens is 2. The fourth-order valence-corrected chi connectivity index (χ4v) is 2.75. The number of hydrogen-bond acceptors (Lipinski definition) is 3. The molecule has 0 spiro atoms. The second kappa shape index (κ2) is 5.75. The second-order valence-corrected chi connectivity index (χ2v) is 5.11. The van der Waals surface area contributed by atoms with Crippen LogP contribution in [0.25, 0.3) is 0 Å². The fourth-order valence-electron chi connectivity index (χ4n) is 2.26. The van der Waals surface area contributed by atoms with Gasteiger partial charge in [0.25, 0.3) is 11.6 Å². The first-order valence-electron chi connectivity index (χ1n) is 5.85.